The summed E-state index contributed by atoms with van der Waals surface area (Å²) in [5.74, 6) is 1.25. The summed E-state index contributed by atoms with van der Waals surface area (Å²) >= 11 is 3.32. The van der Waals surface area contributed by atoms with E-state index in [9.17, 15) is 4.79 Å². The molecule has 0 bridgehead atoms. The van der Waals surface area contributed by atoms with Crippen LogP contribution in [0.1, 0.15) is 18.2 Å². The molecular formula is C10H14O2S2. The zero-order chi connectivity index (χ0) is 10.2. The van der Waals surface area contributed by atoms with E-state index < -0.39 is 0 Å². The lowest BCUT2D eigenvalue weighted by Crippen LogP contribution is -2.07. The summed E-state index contributed by atoms with van der Waals surface area (Å²) in [7, 11) is 0. The zero-order valence-corrected chi connectivity index (χ0v) is 9.83. The Morgan fingerprint density at radius 1 is 1.64 bits per heavy atom. The highest BCUT2D eigenvalue weighted by Crippen LogP contribution is 2.16. The van der Waals surface area contributed by atoms with Gasteiger partial charge in [0.2, 0.25) is 0 Å². The number of rotatable bonds is 6. The molecule has 0 spiro atoms. The van der Waals surface area contributed by atoms with Crippen molar-refractivity contribution in [1.82, 2.24) is 0 Å². The van der Waals surface area contributed by atoms with E-state index in [4.69, 9.17) is 4.74 Å². The minimum atomic E-state index is -0.103. The van der Waals surface area contributed by atoms with Crippen LogP contribution in [0.5, 0.6) is 0 Å². The van der Waals surface area contributed by atoms with Gasteiger partial charge in [-0.3, -0.25) is 4.79 Å². The van der Waals surface area contributed by atoms with Gasteiger partial charge in [0, 0.05) is 10.6 Å². The van der Waals surface area contributed by atoms with E-state index in [1.165, 1.54) is 4.88 Å². The second kappa shape index (κ2) is 6.90. The molecule has 0 aliphatic heterocycles. The van der Waals surface area contributed by atoms with Gasteiger partial charge in [0.15, 0.2) is 0 Å². The summed E-state index contributed by atoms with van der Waals surface area (Å²) < 4.78 is 4.95. The smallest absolute Gasteiger partial charge is 0.315 e. The Labute approximate surface area is 92.7 Å². The quantitative estimate of drug-likeness (QED) is 0.703. The molecule has 0 aliphatic carbocycles. The van der Waals surface area contributed by atoms with Crippen molar-refractivity contribution in [3.8, 4) is 0 Å². The van der Waals surface area contributed by atoms with E-state index in [0.29, 0.717) is 12.4 Å². The van der Waals surface area contributed by atoms with Crippen LogP contribution in [-0.4, -0.2) is 18.3 Å². The fourth-order valence-electron chi connectivity index (χ4n) is 0.887. The number of carbonyl (C=O) groups excluding carboxylic acids is 1. The minimum absolute atomic E-state index is 0.103. The van der Waals surface area contributed by atoms with Gasteiger partial charge in [-0.1, -0.05) is 13.0 Å². The molecule has 0 saturated heterocycles. The molecule has 0 aromatic carbocycles. The second-order valence-electron chi connectivity index (χ2n) is 2.79. The Morgan fingerprint density at radius 3 is 3.14 bits per heavy atom. The van der Waals surface area contributed by atoms with Crippen LogP contribution in [0.15, 0.2) is 17.5 Å². The van der Waals surface area contributed by atoms with Gasteiger partial charge in [-0.25, -0.2) is 0 Å². The van der Waals surface area contributed by atoms with Crippen LogP contribution in [0.3, 0.4) is 0 Å². The van der Waals surface area contributed by atoms with E-state index in [2.05, 4.69) is 6.07 Å². The standard InChI is InChI=1S/C10H14O2S2/c1-2-5-12-10(11)8-13-7-9-4-3-6-14-9/h3-4,6H,2,5,7-8H2,1H3. The largest absolute Gasteiger partial charge is 0.465 e. The predicted molar refractivity (Wildman–Crippen MR) is 61.7 cm³/mol. The van der Waals surface area contributed by atoms with Crippen molar-refractivity contribution in [2.75, 3.05) is 12.4 Å². The average Bonchev–Trinajstić information content (AvgIpc) is 2.67. The first kappa shape index (κ1) is 11.6. The Balaban J connectivity index is 2.06. The van der Waals surface area contributed by atoms with Crippen molar-refractivity contribution in [3.05, 3.63) is 22.4 Å². The van der Waals surface area contributed by atoms with Crippen LogP contribution in [0.25, 0.3) is 0 Å². The van der Waals surface area contributed by atoms with Crippen LogP contribution >= 0.6 is 23.1 Å². The molecule has 0 aliphatic rings. The summed E-state index contributed by atoms with van der Waals surface area (Å²) in [5, 5.41) is 2.05. The normalized spacial score (nSPS) is 10.1. The summed E-state index contributed by atoms with van der Waals surface area (Å²) in [6, 6.07) is 4.10. The Morgan fingerprint density at radius 2 is 2.50 bits per heavy atom. The van der Waals surface area contributed by atoms with Crippen molar-refractivity contribution < 1.29 is 9.53 Å². The Bertz CT molecular complexity index is 257. The molecule has 1 rings (SSSR count). The summed E-state index contributed by atoms with van der Waals surface area (Å²) in [4.78, 5) is 12.4. The molecule has 2 nitrogen and oxygen atoms in total. The number of hydrogen-bond acceptors (Lipinski definition) is 4. The predicted octanol–water partition coefficient (Wildman–Crippen LogP) is 2.93. The number of hydrogen-bond donors (Lipinski definition) is 0. The molecule has 1 aromatic rings. The highest BCUT2D eigenvalue weighted by molar-refractivity contribution is 7.99. The number of thiophene rings is 1. The Kier molecular flexibility index (Phi) is 5.71. The zero-order valence-electron chi connectivity index (χ0n) is 8.19. The minimum Gasteiger partial charge on any atom is -0.465 e. The van der Waals surface area contributed by atoms with E-state index in [1.807, 2.05) is 18.4 Å². The Hall–Kier alpha value is -0.480. The molecule has 0 atom stereocenters. The van der Waals surface area contributed by atoms with Crippen LogP contribution in [0.2, 0.25) is 0 Å². The van der Waals surface area contributed by atoms with Gasteiger partial charge < -0.3 is 4.74 Å². The maximum atomic E-state index is 11.1. The number of carbonyl (C=O) groups is 1. The van der Waals surface area contributed by atoms with Gasteiger partial charge in [0.1, 0.15) is 0 Å². The lowest BCUT2D eigenvalue weighted by atomic mass is 10.5. The van der Waals surface area contributed by atoms with Crippen LogP contribution in [0.4, 0.5) is 0 Å². The SMILES string of the molecule is CCCOC(=O)CSCc1cccs1. The maximum Gasteiger partial charge on any atom is 0.315 e. The van der Waals surface area contributed by atoms with Crippen LogP contribution in [0, 0.1) is 0 Å². The first-order chi connectivity index (χ1) is 6.83. The summed E-state index contributed by atoms with van der Waals surface area (Å²) in [6.07, 6.45) is 0.890. The lowest BCUT2D eigenvalue weighted by molar-refractivity contribution is -0.140. The third-order valence-electron chi connectivity index (χ3n) is 1.51. The van der Waals surface area contributed by atoms with Crippen molar-refractivity contribution in [3.63, 3.8) is 0 Å². The van der Waals surface area contributed by atoms with Gasteiger partial charge in [-0.2, -0.15) is 0 Å². The monoisotopic (exact) mass is 230 g/mol. The fraction of sp³-hybridized carbons (Fsp3) is 0.500. The lowest BCUT2D eigenvalue weighted by Gasteiger charge is -2.01. The molecule has 0 N–H and O–H groups in total. The summed E-state index contributed by atoms with van der Waals surface area (Å²) in [5.41, 5.74) is 0. The average molecular weight is 230 g/mol. The topological polar surface area (TPSA) is 26.3 Å². The molecule has 1 aromatic heterocycles. The van der Waals surface area contributed by atoms with Crippen molar-refractivity contribution in [2.24, 2.45) is 0 Å². The molecule has 1 heterocycles. The van der Waals surface area contributed by atoms with Crippen LogP contribution in [-0.2, 0) is 15.3 Å². The van der Waals surface area contributed by atoms with E-state index >= 15 is 0 Å². The molecule has 4 heteroatoms. The summed E-state index contributed by atoms with van der Waals surface area (Å²) in [6.45, 7) is 2.53. The van der Waals surface area contributed by atoms with Crippen molar-refractivity contribution in [1.29, 1.82) is 0 Å². The fourth-order valence-corrected chi connectivity index (χ4v) is 2.55. The van der Waals surface area contributed by atoms with E-state index in [0.717, 1.165) is 12.2 Å². The van der Waals surface area contributed by atoms with Gasteiger partial charge in [-0.05, 0) is 17.9 Å². The first-order valence-electron chi connectivity index (χ1n) is 4.58. The molecule has 0 saturated carbocycles. The third kappa shape index (κ3) is 4.67. The molecule has 0 amide bonds. The van der Waals surface area contributed by atoms with Gasteiger partial charge >= 0.3 is 5.97 Å². The first-order valence-corrected chi connectivity index (χ1v) is 6.62. The van der Waals surface area contributed by atoms with Gasteiger partial charge in [-0.15, -0.1) is 23.1 Å². The number of esters is 1. The third-order valence-corrected chi connectivity index (χ3v) is 3.53. The number of ether oxygens (including phenoxy) is 1. The highest BCUT2D eigenvalue weighted by Gasteiger charge is 2.02. The van der Waals surface area contributed by atoms with Crippen molar-refractivity contribution in [2.45, 2.75) is 19.1 Å². The molecule has 0 radical (unpaired) electrons. The highest BCUT2D eigenvalue weighted by atomic mass is 32.2. The van der Waals surface area contributed by atoms with E-state index in [-0.39, 0.29) is 5.97 Å². The molecule has 14 heavy (non-hydrogen) atoms. The van der Waals surface area contributed by atoms with Crippen LogP contribution < -0.4 is 0 Å². The number of thioether (sulfide) groups is 1. The molecule has 0 unspecified atom stereocenters. The molecule has 0 fully saturated rings. The van der Waals surface area contributed by atoms with E-state index in [1.54, 1.807) is 23.1 Å². The molecular weight excluding hydrogens is 216 g/mol. The maximum absolute atomic E-state index is 11.1. The molecule has 78 valence electrons. The second-order valence-corrected chi connectivity index (χ2v) is 4.81. The van der Waals surface area contributed by atoms with Gasteiger partial charge in [0.25, 0.3) is 0 Å². The van der Waals surface area contributed by atoms with Gasteiger partial charge in [0.05, 0.1) is 12.4 Å². The van der Waals surface area contributed by atoms with Crippen molar-refractivity contribution >= 4 is 29.1 Å².